The number of carbonyl (C=O) groups excluding carboxylic acids is 1. The van der Waals surface area contributed by atoms with Crippen molar-refractivity contribution in [3.8, 4) is 0 Å². The van der Waals surface area contributed by atoms with E-state index in [-0.39, 0.29) is 17.8 Å². The molecule has 22 heavy (non-hydrogen) atoms. The third-order valence-electron chi connectivity index (χ3n) is 2.75. The maximum atomic E-state index is 13.1. The van der Waals surface area contributed by atoms with Crippen molar-refractivity contribution in [2.24, 2.45) is 4.99 Å². The topological polar surface area (TPSA) is 65.5 Å². The molecular formula is C16H25FN4O. The Bertz CT molecular complexity index is 503. The molecule has 0 radical (unpaired) electrons. The maximum absolute atomic E-state index is 13.1. The Labute approximate surface area is 131 Å². The van der Waals surface area contributed by atoms with Crippen LogP contribution >= 0.6 is 0 Å². The van der Waals surface area contributed by atoms with Crippen LogP contribution < -0.4 is 16.0 Å². The van der Waals surface area contributed by atoms with Crippen LogP contribution in [0.25, 0.3) is 0 Å². The summed E-state index contributed by atoms with van der Waals surface area (Å²) < 4.78 is 13.1. The molecule has 0 fully saturated rings. The lowest BCUT2D eigenvalue weighted by Crippen LogP contribution is -2.40. The van der Waals surface area contributed by atoms with Crippen molar-refractivity contribution in [2.75, 3.05) is 13.1 Å². The molecule has 1 amide bonds. The summed E-state index contributed by atoms with van der Waals surface area (Å²) in [5.74, 6) is 0.351. The Morgan fingerprint density at radius 2 is 2.09 bits per heavy atom. The Kier molecular flexibility index (Phi) is 7.96. The minimum absolute atomic E-state index is 0.00322. The Balaban J connectivity index is 2.47. The molecule has 0 atom stereocenters. The second-order valence-corrected chi connectivity index (χ2v) is 5.22. The molecule has 0 saturated carbocycles. The van der Waals surface area contributed by atoms with Gasteiger partial charge in [0, 0.05) is 25.6 Å². The minimum Gasteiger partial charge on any atom is -0.357 e. The number of rotatable bonds is 7. The molecule has 0 unspecified atom stereocenters. The first-order chi connectivity index (χ1) is 10.5. The number of nitrogens with zero attached hydrogens (tertiary/aromatic N) is 1. The van der Waals surface area contributed by atoms with E-state index in [0.717, 1.165) is 5.56 Å². The van der Waals surface area contributed by atoms with E-state index in [4.69, 9.17) is 0 Å². The second kappa shape index (κ2) is 9.76. The highest BCUT2D eigenvalue weighted by Crippen LogP contribution is 2.04. The zero-order valence-corrected chi connectivity index (χ0v) is 13.4. The molecule has 0 aliphatic carbocycles. The van der Waals surface area contributed by atoms with Crippen LogP contribution in [-0.4, -0.2) is 31.0 Å². The zero-order valence-electron chi connectivity index (χ0n) is 13.4. The van der Waals surface area contributed by atoms with Crippen LogP contribution in [0.2, 0.25) is 0 Å². The lowest BCUT2D eigenvalue weighted by Gasteiger charge is -2.12. The van der Waals surface area contributed by atoms with Gasteiger partial charge in [0.15, 0.2) is 5.96 Å². The molecule has 0 saturated heterocycles. The molecule has 0 bridgehead atoms. The van der Waals surface area contributed by atoms with Crippen molar-refractivity contribution < 1.29 is 9.18 Å². The largest absolute Gasteiger partial charge is 0.357 e. The average Bonchev–Trinajstić information content (AvgIpc) is 2.44. The predicted octanol–water partition coefficient (Wildman–Crippen LogP) is 1.80. The molecule has 1 aromatic rings. The molecule has 0 aliphatic rings. The van der Waals surface area contributed by atoms with Gasteiger partial charge in [-0.1, -0.05) is 12.1 Å². The number of aliphatic imine (C=N–C) groups is 1. The van der Waals surface area contributed by atoms with Gasteiger partial charge in [-0.3, -0.25) is 4.79 Å². The van der Waals surface area contributed by atoms with Gasteiger partial charge in [-0.05, 0) is 38.5 Å². The lowest BCUT2D eigenvalue weighted by molar-refractivity contribution is -0.121. The molecule has 6 heteroatoms. The van der Waals surface area contributed by atoms with Gasteiger partial charge in [-0.25, -0.2) is 9.38 Å². The molecule has 1 rings (SSSR count). The zero-order chi connectivity index (χ0) is 16.4. The number of halogens is 1. The first kappa shape index (κ1) is 17.9. The van der Waals surface area contributed by atoms with Crippen LogP contribution in [0, 0.1) is 5.82 Å². The van der Waals surface area contributed by atoms with Crippen molar-refractivity contribution in [3.05, 3.63) is 35.6 Å². The summed E-state index contributed by atoms with van der Waals surface area (Å²) in [6, 6.07) is 6.50. The second-order valence-electron chi connectivity index (χ2n) is 5.22. The Morgan fingerprint density at radius 1 is 1.32 bits per heavy atom. The molecule has 122 valence electrons. The normalized spacial score (nSPS) is 11.4. The molecule has 5 nitrogen and oxygen atoms in total. The fourth-order valence-corrected chi connectivity index (χ4v) is 1.84. The average molecular weight is 308 g/mol. The molecule has 0 heterocycles. The van der Waals surface area contributed by atoms with E-state index in [1.165, 1.54) is 12.1 Å². The summed E-state index contributed by atoms with van der Waals surface area (Å²) in [6.45, 7) is 7.41. The molecule has 3 N–H and O–H groups in total. The Morgan fingerprint density at radius 3 is 2.73 bits per heavy atom. The van der Waals surface area contributed by atoms with Crippen molar-refractivity contribution in [2.45, 2.75) is 39.8 Å². The number of guanidine groups is 1. The molecule has 0 spiro atoms. The van der Waals surface area contributed by atoms with E-state index in [1.807, 2.05) is 26.8 Å². The van der Waals surface area contributed by atoms with Crippen molar-refractivity contribution in [3.63, 3.8) is 0 Å². The first-order valence-corrected chi connectivity index (χ1v) is 7.57. The highest BCUT2D eigenvalue weighted by atomic mass is 19.1. The minimum atomic E-state index is -0.268. The van der Waals surface area contributed by atoms with Crippen LogP contribution in [0.3, 0.4) is 0 Å². The van der Waals surface area contributed by atoms with Crippen LogP contribution in [0.4, 0.5) is 4.39 Å². The highest BCUT2D eigenvalue weighted by Gasteiger charge is 2.04. The highest BCUT2D eigenvalue weighted by molar-refractivity contribution is 5.81. The summed E-state index contributed by atoms with van der Waals surface area (Å²) in [6.07, 6.45) is 0.378. The van der Waals surface area contributed by atoms with Gasteiger partial charge in [-0.2, -0.15) is 0 Å². The van der Waals surface area contributed by atoms with Crippen LogP contribution in [0.5, 0.6) is 0 Å². The monoisotopic (exact) mass is 308 g/mol. The van der Waals surface area contributed by atoms with Crippen LogP contribution in [-0.2, 0) is 11.3 Å². The fraction of sp³-hybridized carbons (Fsp3) is 0.500. The Hall–Kier alpha value is -2.11. The number of hydrogen-bond donors (Lipinski definition) is 3. The summed E-state index contributed by atoms with van der Waals surface area (Å²) in [7, 11) is 0. The van der Waals surface area contributed by atoms with Crippen LogP contribution in [0.1, 0.15) is 32.8 Å². The van der Waals surface area contributed by atoms with Gasteiger partial charge in [0.05, 0.1) is 6.54 Å². The van der Waals surface area contributed by atoms with Gasteiger partial charge in [-0.15, -0.1) is 0 Å². The SMILES string of the molecule is CCNC(=NCc1cccc(F)c1)NCCC(=O)NC(C)C. The molecular weight excluding hydrogens is 283 g/mol. The lowest BCUT2D eigenvalue weighted by atomic mass is 10.2. The molecule has 0 aliphatic heterocycles. The van der Waals surface area contributed by atoms with Gasteiger partial charge in [0.1, 0.15) is 5.82 Å². The third kappa shape index (κ3) is 7.61. The summed E-state index contributed by atoms with van der Waals surface area (Å²) in [5.41, 5.74) is 0.801. The quantitative estimate of drug-likeness (QED) is 0.531. The van der Waals surface area contributed by atoms with Crippen molar-refractivity contribution in [1.29, 1.82) is 0 Å². The van der Waals surface area contributed by atoms with E-state index in [9.17, 15) is 9.18 Å². The van der Waals surface area contributed by atoms with E-state index in [0.29, 0.717) is 32.0 Å². The van der Waals surface area contributed by atoms with Crippen molar-refractivity contribution in [1.82, 2.24) is 16.0 Å². The number of amides is 1. The smallest absolute Gasteiger partial charge is 0.221 e. The summed E-state index contributed by atoms with van der Waals surface area (Å²) in [5, 5.41) is 9.02. The number of carbonyl (C=O) groups is 1. The standard InChI is InChI=1S/C16H25FN4O/c1-4-18-16(19-9-8-15(22)21-12(2)3)20-11-13-6-5-7-14(17)10-13/h5-7,10,12H,4,8-9,11H2,1-3H3,(H,21,22)(H2,18,19,20). The molecule has 0 aromatic heterocycles. The summed E-state index contributed by atoms with van der Waals surface area (Å²) >= 11 is 0. The number of benzene rings is 1. The fourth-order valence-electron chi connectivity index (χ4n) is 1.84. The predicted molar refractivity (Wildman–Crippen MR) is 87.1 cm³/mol. The first-order valence-electron chi connectivity index (χ1n) is 7.57. The van der Waals surface area contributed by atoms with Crippen molar-refractivity contribution >= 4 is 11.9 Å². The summed E-state index contributed by atoms with van der Waals surface area (Å²) in [4.78, 5) is 15.9. The van der Waals surface area contributed by atoms with Crippen LogP contribution in [0.15, 0.2) is 29.3 Å². The van der Waals surface area contributed by atoms with Gasteiger partial charge in [0.25, 0.3) is 0 Å². The van der Waals surface area contributed by atoms with Gasteiger partial charge >= 0.3 is 0 Å². The number of hydrogen-bond acceptors (Lipinski definition) is 2. The van der Waals surface area contributed by atoms with Gasteiger partial charge in [0.2, 0.25) is 5.91 Å². The van der Waals surface area contributed by atoms with E-state index in [2.05, 4.69) is 20.9 Å². The number of nitrogens with one attached hydrogen (secondary N) is 3. The van der Waals surface area contributed by atoms with E-state index >= 15 is 0 Å². The van der Waals surface area contributed by atoms with E-state index < -0.39 is 0 Å². The maximum Gasteiger partial charge on any atom is 0.221 e. The van der Waals surface area contributed by atoms with E-state index in [1.54, 1.807) is 6.07 Å². The molecule has 1 aromatic carbocycles. The third-order valence-corrected chi connectivity index (χ3v) is 2.75. The van der Waals surface area contributed by atoms with Gasteiger partial charge < -0.3 is 16.0 Å².